The molecule has 1 aliphatic rings. The molecule has 1 fully saturated rings. The molecule has 4 heteroatoms. The number of aliphatic hydroxyl groups is 1. The zero-order valence-electron chi connectivity index (χ0n) is 10.6. The van der Waals surface area contributed by atoms with Gasteiger partial charge in [0.1, 0.15) is 0 Å². The Morgan fingerprint density at radius 2 is 1.94 bits per heavy atom. The minimum absolute atomic E-state index is 0.152. The van der Waals surface area contributed by atoms with E-state index in [9.17, 15) is 13.5 Å². The van der Waals surface area contributed by atoms with Crippen molar-refractivity contribution in [2.75, 3.05) is 5.75 Å². The molecule has 2 unspecified atom stereocenters. The summed E-state index contributed by atoms with van der Waals surface area (Å²) in [4.78, 5) is 0. The highest BCUT2D eigenvalue weighted by Crippen LogP contribution is 2.28. The average molecular weight is 248 g/mol. The van der Waals surface area contributed by atoms with Gasteiger partial charge in [-0.05, 0) is 31.1 Å². The van der Waals surface area contributed by atoms with Crippen molar-refractivity contribution in [2.24, 2.45) is 5.41 Å². The van der Waals surface area contributed by atoms with Crippen LogP contribution >= 0.6 is 0 Å². The van der Waals surface area contributed by atoms with E-state index in [0.29, 0.717) is 12.8 Å². The van der Waals surface area contributed by atoms with Gasteiger partial charge in [-0.1, -0.05) is 27.2 Å². The van der Waals surface area contributed by atoms with E-state index < -0.39 is 21.2 Å². The Bertz CT molecular complexity index is 314. The summed E-state index contributed by atoms with van der Waals surface area (Å²) in [5.74, 6) is 0.254. The SMILES string of the molecule is CC(C)(C)CCC(O)C1CCCCS1(=O)=O. The van der Waals surface area contributed by atoms with E-state index in [1.54, 1.807) is 0 Å². The predicted octanol–water partition coefficient (Wildman–Crippen LogP) is 2.14. The standard InChI is InChI=1S/C12H24O3S/c1-12(2,3)8-7-10(13)11-6-4-5-9-16(11,14)15/h10-11,13H,4-9H2,1-3H3. The lowest BCUT2D eigenvalue weighted by Gasteiger charge is -2.28. The van der Waals surface area contributed by atoms with Gasteiger partial charge in [0.2, 0.25) is 0 Å². The summed E-state index contributed by atoms with van der Waals surface area (Å²) in [5, 5.41) is 9.48. The minimum Gasteiger partial charge on any atom is -0.392 e. The van der Waals surface area contributed by atoms with Crippen molar-refractivity contribution in [3.8, 4) is 0 Å². The molecular weight excluding hydrogens is 224 g/mol. The number of hydrogen-bond donors (Lipinski definition) is 1. The van der Waals surface area contributed by atoms with E-state index in [1.807, 2.05) is 0 Å². The van der Waals surface area contributed by atoms with E-state index >= 15 is 0 Å². The molecule has 0 aromatic heterocycles. The van der Waals surface area contributed by atoms with Crippen LogP contribution in [0.25, 0.3) is 0 Å². The smallest absolute Gasteiger partial charge is 0.155 e. The lowest BCUT2D eigenvalue weighted by Crippen LogP contribution is -2.38. The third kappa shape index (κ3) is 4.06. The van der Waals surface area contributed by atoms with E-state index in [-0.39, 0.29) is 11.2 Å². The first kappa shape index (κ1) is 14.0. The maximum atomic E-state index is 11.8. The molecule has 0 saturated carbocycles. The van der Waals surface area contributed by atoms with Gasteiger partial charge in [-0.25, -0.2) is 8.42 Å². The van der Waals surface area contributed by atoms with E-state index in [0.717, 1.165) is 19.3 Å². The van der Waals surface area contributed by atoms with Crippen LogP contribution in [0.3, 0.4) is 0 Å². The van der Waals surface area contributed by atoms with Crippen LogP contribution in [0.2, 0.25) is 0 Å². The van der Waals surface area contributed by atoms with E-state index in [2.05, 4.69) is 20.8 Å². The highest BCUT2D eigenvalue weighted by Gasteiger charge is 2.34. The third-order valence-electron chi connectivity index (χ3n) is 3.25. The molecule has 2 atom stereocenters. The fraction of sp³-hybridized carbons (Fsp3) is 1.00. The zero-order valence-corrected chi connectivity index (χ0v) is 11.4. The van der Waals surface area contributed by atoms with Crippen molar-refractivity contribution in [1.82, 2.24) is 0 Å². The molecule has 1 heterocycles. The van der Waals surface area contributed by atoms with E-state index in [4.69, 9.17) is 0 Å². The van der Waals surface area contributed by atoms with Crippen LogP contribution in [0, 0.1) is 5.41 Å². The minimum atomic E-state index is -3.04. The van der Waals surface area contributed by atoms with Gasteiger partial charge in [0.25, 0.3) is 0 Å². The molecule has 1 N–H and O–H groups in total. The molecule has 1 saturated heterocycles. The lowest BCUT2D eigenvalue weighted by molar-refractivity contribution is 0.135. The van der Waals surface area contributed by atoms with Crippen LogP contribution < -0.4 is 0 Å². The molecule has 0 bridgehead atoms. The Labute approximate surface area is 99.2 Å². The Morgan fingerprint density at radius 1 is 1.31 bits per heavy atom. The monoisotopic (exact) mass is 248 g/mol. The summed E-state index contributed by atoms with van der Waals surface area (Å²) in [5.41, 5.74) is 0.152. The number of aliphatic hydroxyl groups excluding tert-OH is 1. The molecule has 0 aromatic rings. The van der Waals surface area contributed by atoms with Gasteiger partial charge in [-0.2, -0.15) is 0 Å². The maximum Gasteiger partial charge on any atom is 0.155 e. The first-order valence-corrected chi connectivity index (χ1v) is 7.83. The summed E-state index contributed by atoms with van der Waals surface area (Å²) in [7, 11) is -3.04. The van der Waals surface area contributed by atoms with Crippen molar-refractivity contribution in [3.05, 3.63) is 0 Å². The Balaban J connectivity index is 2.56. The third-order valence-corrected chi connectivity index (χ3v) is 5.58. The molecule has 96 valence electrons. The van der Waals surface area contributed by atoms with Gasteiger partial charge >= 0.3 is 0 Å². The fourth-order valence-corrected chi connectivity index (χ4v) is 4.23. The summed E-state index contributed by atoms with van der Waals surface area (Å²) < 4.78 is 23.6. The van der Waals surface area contributed by atoms with Gasteiger partial charge < -0.3 is 5.11 Å². The van der Waals surface area contributed by atoms with Gasteiger partial charge in [0, 0.05) is 0 Å². The molecule has 0 aromatic carbocycles. The normalized spacial score (nSPS) is 27.6. The van der Waals surface area contributed by atoms with Crippen molar-refractivity contribution < 1.29 is 13.5 Å². The number of rotatable bonds is 3. The second-order valence-corrected chi connectivity index (χ2v) is 8.41. The van der Waals surface area contributed by atoms with Crippen LogP contribution in [0.4, 0.5) is 0 Å². The largest absolute Gasteiger partial charge is 0.392 e. The van der Waals surface area contributed by atoms with Crippen molar-refractivity contribution in [2.45, 2.75) is 64.2 Å². The Kier molecular flexibility index (Phi) is 4.41. The maximum absolute atomic E-state index is 11.8. The second-order valence-electron chi connectivity index (χ2n) is 6.07. The van der Waals surface area contributed by atoms with Crippen molar-refractivity contribution >= 4 is 9.84 Å². The predicted molar refractivity (Wildman–Crippen MR) is 66.1 cm³/mol. The average Bonchev–Trinajstić information content (AvgIpc) is 2.12. The number of sulfone groups is 1. The Morgan fingerprint density at radius 3 is 2.44 bits per heavy atom. The summed E-state index contributed by atoms with van der Waals surface area (Å²) in [6.45, 7) is 6.32. The molecular formula is C12H24O3S. The Hall–Kier alpha value is -0.0900. The molecule has 0 amide bonds. The van der Waals surface area contributed by atoms with Gasteiger partial charge in [-0.15, -0.1) is 0 Å². The van der Waals surface area contributed by atoms with Crippen LogP contribution in [0.15, 0.2) is 0 Å². The van der Waals surface area contributed by atoms with Gasteiger partial charge in [0.05, 0.1) is 17.1 Å². The van der Waals surface area contributed by atoms with Crippen LogP contribution in [0.1, 0.15) is 52.9 Å². The molecule has 0 spiro atoms. The van der Waals surface area contributed by atoms with Crippen molar-refractivity contribution in [3.63, 3.8) is 0 Å². The molecule has 0 aliphatic carbocycles. The summed E-state index contributed by atoms with van der Waals surface area (Å²) >= 11 is 0. The summed E-state index contributed by atoms with van der Waals surface area (Å²) in [6.07, 6.45) is 3.09. The molecule has 1 aliphatic heterocycles. The van der Waals surface area contributed by atoms with Crippen molar-refractivity contribution in [1.29, 1.82) is 0 Å². The quantitative estimate of drug-likeness (QED) is 0.832. The fourth-order valence-electron chi connectivity index (χ4n) is 2.18. The second kappa shape index (κ2) is 5.05. The first-order chi connectivity index (χ1) is 7.22. The molecule has 0 radical (unpaired) electrons. The molecule has 16 heavy (non-hydrogen) atoms. The van der Waals surface area contributed by atoms with Gasteiger partial charge in [0.15, 0.2) is 9.84 Å². The zero-order chi connectivity index (χ0) is 12.4. The topological polar surface area (TPSA) is 54.4 Å². The molecule has 3 nitrogen and oxygen atoms in total. The van der Waals surface area contributed by atoms with Crippen LogP contribution in [-0.4, -0.2) is 30.6 Å². The van der Waals surface area contributed by atoms with Crippen LogP contribution in [-0.2, 0) is 9.84 Å². The highest BCUT2D eigenvalue weighted by molar-refractivity contribution is 7.92. The van der Waals surface area contributed by atoms with Gasteiger partial charge in [-0.3, -0.25) is 0 Å². The molecule has 1 rings (SSSR count). The lowest BCUT2D eigenvalue weighted by atomic mass is 9.88. The van der Waals surface area contributed by atoms with Crippen LogP contribution in [0.5, 0.6) is 0 Å². The summed E-state index contributed by atoms with van der Waals surface area (Å²) in [6, 6.07) is 0. The first-order valence-electron chi connectivity index (χ1n) is 6.12. The number of hydrogen-bond acceptors (Lipinski definition) is 3. The highest BCUT2D eigenvalue weighted by atomic mass is 32.2. The van der Waals surface area contributed by atoms with E-state index in [1.165, 1.54) is 0 Å².